The van der Waals surface area contributed by atoms with Crippen molar-refractivity contribution >= 4 is 18.4 Å². The third kappa shape index (κ3) is 3.95. The lowest BCUT2D eigenvalue weighted by atomic mass is 10.2. The Kier molecular flexibility index (Phi) is 5.25. The zero-order valence-electron chi connectivity index (χ0n) is 14.0. The van der Waals surface area contributed by atoms with E-state index in [1.165, 1.54) is 0 Å². The maximum atomic E-state index is 5.46. The minimum atomic E-state index is 0.419. The third-order valence-electron chi connectivity index (χ3n) is 3.49. The fraction of sp³-hybridized carbons (Fsp3) is 0.167. The number of rotatable bonds is 6. The highest BCUT2D eigenvalue weighted by Crippen LogP contribution is 2.21. The molecule has 0 fully saturated rings. The number of nitrogens with one attached hydrogen (secondary N) is 1. The summed E-state index contributed by atoms with van der Waals surface area (Å²) in [6.45, 7) is 2.58. The van der Waals surface area contributed by atoms with Gasteiger partial charge >= 0.3 is 0 Å². The molecule has 0 spiro atoms. The van der Waals surface area contributed by atoms with Gasteiger partial charge in [0.05, 0.1) is 19.9 Å². The maximum Gasteiger partial charge on any atom is 0.216 e. The van der Waals surface area contributed by atoms with Crippen molar-refractivity contribution in [2.75, 3.05) is 13.7 Å². The lowest BCUT2D eigenvalue weighted by Gasteiger charge is -2.05. The number of ether oxygens (including phenoxy) is 2. The van der Waals surface area contributed by atoms with Gasteiger partial charge in [0.1, 0.15) is 11.5 Å². The summed E-state index contributed by atoms with van der Waals surface area (Å²) in [6.07, 6.45) is 1.71. The zero-order chi connectivity index (χ0) is 17.6. The predicted molar refractivity (Wildman–Crippen MR) is 100 cm³/mol. The molecule has 0 aliphatic heterocycles. The topological polar surface area (TPSA) is 64.4 Å². The third-order valence-corrected chi connectivity index (χ3v) is 3.75. The van der Waals surface area contributed by atoms with Crippen LogP contribution in [0.2, 0.25) is 0 Å². The summed E-state index contributed by atoms with van der Waals surface area (Å²) in [4.78, 5) is 0. The van der Waals surface area contributed by atoms with E-state index in [1.807, 2.05) is 55.5 Å². The van der Waals surface area contributed by atoms with Crippen molar-refractivity contribution in [3.8, 4) is 22.9 Å². The first-order chi connectivity index (χ1) is 12.2. The molecule has 3 aromatic rings. The van der Waals surface area contributed by atoms with Gasteiger partial charge in [-0.1, -0.05) is 12.1 Å². The predicted octanol–water partition coefficient (Wildman–Crippen LogP) is 3.90. The van der Waals surface area contributed by atoms with E-state index in [1.54, 1.807) is 18.0 Å². The van der Waals surface area contributed by atoms with Gasteiger partial charge in [-0.2, -0.15) is 14.9 Å². The molecule has 25 heavy (non-hydrogen) atoms. The average Bonchev–Trinajstić information content (AvgIpc) is 3.02. The number of aromatic nitrogens is 3. The summed E-state index contributed by atoms with van der Waals surface area (Å²) in [5, 5.41) is 11.5. The van der Waals surface area contributed by atoms with Crippen molar-refractivity contribution < 1.29 is 9.47 Å². The molecular formula is C18H18N4O2S. The fourth-order valence-electron chi connectivity index (χ4n) is 2.30. The van der Waals surface area contributed by atoms with Crippen molar-refractivity contribution in [2.24, 2.45) is 5.10 Å². The first kappa shape index (κ1) is 16.9. The molecule has 7 heteroatoms. The van der Waals surface area contributed by atoms with Crippen LogP contribution in [0.1, 0.15) is 12.5 Å². The Morgan fingerprint density at radius 1 is 1.20 bits per heavy atom. The molecule has 1 N–H and O–H groups in total. The van der Waals surface area contributed by atoms with Gasteiger partial charge in [0.25, 0.3) is 0 Å². The normalized spacial score (nSPS) is 11.0. The molecule has 0 saturated carbocycles. The molecule has 0 saturated heterocycles. The first-order valence-corrected chi connectivity index (χ1v) is 8.21. The molecule has 0 radical (unpaired) electrons. The van der Waals surface area contributed by atoms with Crippen LogP contribution < -0.4 is 9.47 Å². The summed E-state index contributed by atoms with van der Waals surface area (Å²) in [5.41, 5.74) is 1.79. The van der Waals surface area contributed by atoms with Crippen LogP contribution in [-0.4, -0.2) is 34.8 Å². The Morgan fingerprint density at radius 2 is 2.00 bits per heavy atom. The molecule has 0 amide bonds. The number of hydrogen-bond donors (Lipinski definition) is 1. The molecule has 0 aliphatic rings. The van der Waals surface area contributed by atoms with Crippen molar-refractivity contribution in [1.82, 2.24) is 14.9 Å². The van der Waals surface area contributed by atoms with E-state index in [2.05, 4.69) is 15.3 Å². The quantitative estimate of drug-likeness (QED) is 0.539. The van der Waals surface area contributed by atoms with Crippen LogP contribution in [0.4, 0.5) is 0 Å². The van der Waals surface area contributed by atoms with Gasteiger partial charge in [0.15, 0.2) is 5.82 Å². The van der Waals surface area contributed by atoms with E-state index in [0.29, 0.717) is 17.2 Å². The van der Waals surface area contributed by atoms with E-state index in [-0.39, 0.29) is 0 Å². The van der Waals surface area contributed by atoms with E-state index >= 15 is 0 Å². The molecule has 1 aromatic heterocycles. The standard InChI is InChI=1S/C18H18N4O2S/c1-3-24-15-9-7-14(8-10-15)17-20-21-18(25)22(17)19-12-13-5-4-6-16(11-13)23-2/h4-12H,3H2,1-2H3,(H,21,25). The Hall–Kier alpha value is -2.93. The van der Waals surface area contributed by atoms with Gasteiger partial charge in [0.2, 0.25) is 4.77 Å². The molecule has 0 unspecified atom stereocenters. The number of benzene rings is 2. The average molecular weight is 354 g/mol. The SMILES string of the molecule is CCOc1ccc(-c2n[nH]c(=S)n2N=Cc2cccc(OC)c2)cc1. The van der Waals surface area contributed by atoms with Crippen LogP contribution in [0.15, 0.2) is 53.6 Å². The van der Waals surface area contributed by atoms with Gasteiger partial charge in [0, 0.05) is 5.56 Å². The van der Waals surface area contributed by atoms with Crippen LogP contribution in [-0.2, 0) is 0 Å². The monoisotopic (exact) mass is 354 g/mol. The van der Waals surface area contributed by atoms with Gasteiger partial charge in [-0.05, 0) is 61.1 Å². The van der Waals surface area contributed by atoms with Crippen LogP contribution >= 0.6 is 12.2 Å². The highest BCUT2D eigenvalue weighted by Gasteiger charge is 2.08. The van der Waals surface area contributed by atoms with Gasteiger partial charge in [-0.3, -0.25) is 0 Å². The highest BCUT2D eigenvalue weighted by atomic mass is 32.1. The molecule has 0 bridgehead atoms. The van der Waals surface area contributed by atoms with Gasteiger partial charge in [-0.25, -0.2) is 5.10 Å². The minimum Gasteiger partial charge on any atom is -0.497 e. The molecule has 1 heterocycles. The fourth-order valence-corrected chi connectivity index (χ4v) is 2.48. The number of methoxy groups -OCH3 is 1. The van der Waals surface area contributed by atoms with Gasteiger partial charge < -0.3 is 9.47 Å². The molecule has 0 aliphatic carbocycles. The largest absolute Gasteiger partial charge is 0.497 e. The molecule has 3 rings (SSSR count). The van der Waals surface area contributed by atoms with Crippen LogP contribution in [0.5, 0.6) is 11.5 Å². The van der Waals surface area contributed by atoms with E-state index in [9.17, 15) is 0 Å². The summed E-state index contributed by atoms with van der Waals surface area (Å²) in [6, 6.07) is 15.3. The lowest BCUT2D eigenvalue weighted by Crippen LogP contribution is -1.96. The summed E-state index contributed by atoms with van der Waals surface area (Å²) >= 11 is 5.29. The van der Waals surface area contributed by atoms with Crippen molar-refractivity contribution in [1.29, 1.82) is 0 Å². The first-order valence-electron chi connectivity index (χ1n) is 7.80. The number of nitrogens with zero attached hydrogens (tertiary/aromatic N) is 3. The number of hydrogen-bond acceptors (Lipinski definition) is 5. The second-order valence-electron chi connectivity index (χ2n) is 5.14. The Morgan fingerprint density at radius 3 is 2.72 bits per heavy atom. The Bertz CT molecular complexity index is 929. The molecule has 128 valence electrons. The van der Waals surface area contributed by atoms with Gasteiger partial charge in [-0.15, -0.1) is 0 Å². The summed E-state index contributed by atoms with van der Waals surface area (Å²) in [5.74, 6) is 2.21. The maximum absolute atomic E-state index is 5.46. The molecule has 6 nitrogen and oxygen atoms in total. The second-order valence-corrected chi connectivity index (χ2v) is 5.53. The number of aromatic amines is 1. The highest BCUT2D eigenvalue weighted by molar-refractivity contribution is 7.71. The Labute approximate surface area is 150 Å². The van der Waals surface area contributed by atoms with E-state index in [4.69, 9.17) is 21.7 Å². The molecule has 0 atom stereocenters. The summed E-state index contributed by atoms with van der Waals surface area (Å²) < 4.78 is 12.7. The van der Waals surface area contributed by atoms with E-state index in [0.717, 1.165) is 22.6 Å². The minimum absolute atomic E-state index is 0.419. The van der Waals surface area contributed by atoms with Crippen molar-refractivity contribution in [2.45, 2.75) is 6.92 Å². The molecular weight excluding hydrogens is 336 g/mol. The summed E-state index contributed by atoms with van der Waals surface area (Å²) in [7, 11) is 1.63. The smallest absolute Gasteiger partial charge is 0.216 e. The van der Waals surface area contributed by atoms with Crippen molar-refractivity contribution in [3.05, 3.63) is 58.9 Å². The van der Waals surface area contributed by atoms with Crippen LogP contribution in [0.25, 0.3) is 11.4 Å². The van der Waals surface area contributed by atoms with Crippen LogP contribution in [0, 0.1) is 4.77 Å². The van der Waals surface area contributed by atoms with Crippen molar-refractivity contribution in [3.63, 3.8) is 0 Å². The molecule has 2 aromatic carbocycles. The Balaban J connectivity index is 1.91. The van der Waals surface area contributed by atoms with Crippen LogP contribution in [0.3, 0.4) is 0 Å². The van der Waals surface area contributed by atoms with E-state index < -0.39 is 0 Å². The zero-order valence-corrected chi connectivity index (χ0v) is 14.8. The second kappa shape index (κ2) is 7.76. The number of H-pyrrole nitrogens is 1. The lowest BCUT2D eigenvalue weighted by molar-refractivity contribution is 0.340.